The molecule has 0 saturated carbocycles. The number of thiazole rings is 1. The van der Waals surface area contributed by atoms with Gasteiger partial charge in [-0.15, -0.1) is 11.3 Å². The maximum absolute atomic E-state index is 12.6. The van der Waals surface area contributed by atoms with Gasteiger partial charge in [-0.05, 0) is 31.0 Å². The van der Waals surface area contributed by atoms with Crippen molar-refractivity contribution < 1.29 is 13.2 Å². The van der Waals surface area contributed by atoms with Gasteiger partial charge in [0.15, 0.2) is 5.13 Å². The van der Waals surface area contributed by atoms with Crippen molar-refractivity contribution in [2.75, 3.05) is 25.5 Å². The maximum Gasteiger partial charge on any atom is 0.252 e. The van der Waals surface area contributed by atoms with Crippen molar-refractivity contribution in [2.45, 2.75) is 17.6 Å². The molecule has 2 heterocycles. The number of anilines is 1. The summed E-state index contributed by atoms with van der Waals surface area (Å²) in [7, 11) is -1.98. The van der Waals surface area contributed by atoms with Crippen molar-refractivity contribution >= 4 is 55.2 Å². The highest BCUT2D eigenvalue weighted by atomic mass is 35.5. The van der Waals surface area contributed by atoms with Crippen LogP contribution in [-0.4, -0.2) is 43.6 Å². The molecule has 0 fully saturated rings. The molecule has 2 aromatic heterocycles. The Morgan fingerprint density at radius 1 is 1.21 bits per heavy atom. The van der Waals surface area contributed by atoms with E-state index in [4.69, 9.17) is 11.6 Å². The minimum Gasteiger partial charge on any atom is -0.361 e. The van der Waals surface area contributed by atoms with E-state index >= 15 is 0 Å². The standard InChI is InChI=1S/C19H20ClN3O3S3/c1-13-6-3-4-7-14(13)18(24)15-12-22-19(27-15)21-10-5-11-23(2)29(25,26)17-9-8-16(20)28-17/h3-4,6-9,12H,5,10-11H2,1-2H3,(H,21,22). The van der Waals surface area contributed by atoms with E-state index in [0.717, 1.165) is 16.9 Å². The van der Waals surface area contributed by atoms with E-state index in [-0.39, 0.29) is 9.99 Å². The van der Waals surface area contributed by atoms with Gasteiger partial charge in [0, 0.05) is 25.7 Å². The van der Waals surface area contributed by atoms with Crippen molar-refractivity contribution in [1.82, 2.24) is 9.29 Å². The predicted molar refractivity (Wildman–Crippen MR) is 119 cm³/mol. The Morgan fingerprint density at radius 2 is 1.97 bits per heavy atom. The number of ketones is 1. The first kappa shape index (κ1) is 21.9. The van der Waals surface area contributed by atoms with Crippen LogP contribution in [0.25, 0.3) is 0 Å². The number of thiophene rings is 1. The first-order chi connectivity index (χ1) is 13.8. The Bertz CT molecular complexity index is 1110. The van der Waals surface area contributed by atoms with Gasteiger partial charge in [0.1, 0.15) is 4.21 Å². The van der Waals surface area contributed by atoms with Crippen molar-refractivity contribution in [1.29, 1.82) is 0 Å². The molecule has 0 spiro atoms. The van der Waals surface area contributed by atoms with Crippen LogP contribution in [0.3, 0.4) is 0 Å². The summed E-state index contributed by atoms with van der Waals surface area (Å²) >= 11 is 8.17. The molecular weight excluding hydrogens is 450 g/mol. The van der Waals surface area contributed by atoms with Crippen LogP contribution in [0.15, 0.2) is 46.8 Å². The summed E-state index contributed by atoms with van der Waals surface area (Å²) in [5.41, 5.74) is 1.60. The minimum atomic E-state index is -3.52. The molecular formula is C19H20ClN3O3S3. The Kier molecular flexibility index (Phi) is 7.07. The van der Waals surface area contributed by atoms with Crippen LogP contribution in [0.5, 0.6) is 0 Å². The fourth-order valence-electron chi connectivity index (χ4n) is 2.63. The minimum absolute atomic E-state index is 0.0471. The molecule has 0 atom stereocenters. The van der Waals surface area contributed by atoms with E-state index in [1.165, 1.54) is 21.7 Å². The van der Waals surface area contributed by atoms with Gasteiger partial charge in [-0.25, -0.2) is 17.7 Å². The van der Waals surface area contributed by atoms with E-state index in [1.807, 2.05) is 31.2 Å². The number of nitrogens with zero attached hydrogens (tertiary/aromatic N) is 2. The van der Waals surface area contributed by atoms with Crippen molar-refractivity contribution in [2.24, 2.45) is 0 Å². The zero-order chi connectivity index (χ0) is 21.0. The second kappa shape index (κ2) is 9.36. The molecule has 3 rings (SSSR count). The number of aryl methyl sites for hydroxylation is 1. The molecule has 0 radical (unpaired) electrons. The first-order valence-electron chi connectivity index (χ1n) is 8.81. The molecule has 0 unspecified atom stereocenters. The summed E-state index contributed by atoms with van der Waals surface area (Å²) in [5.74, 6) is -0.0471. The van der Waals surface area contributed by atoms with Gasteiger partial charge in [-0.2, -0.15) is 0 Å². The molecule has 0 amide bonds. The molecule has 10 heteroatoms. The van der Waals surface area contributed by atoms with Crippen LogP contribution in [0, 0.1) is 6.92 Å². The highest BCUT2D eigenvalue weighted by Crippen LogP contribution is 2.27. The number of halogens is 1. The molecule has 0 bridgehead atoms. The number of carbonyl (C=O) groups is 1. The lowest BCUT2D eigenvalue weighted by Crippen LogP contribution is -2.28. The van der Waals surface area contributed by atoms with Crippen LogP contribution in [0.2, 0.25) is 4.34 Å². The van der Waals surface area contributed by atoms with Gasteiger partial charge in [0.2, 0.25) is 5.78 Å². The van der Waals surface area contributed by atoms with Crippen molar-refractivity contribution in [3.05, 3.63) is 62.9 Å². The number of nitrogens with one attached hydrogen (secondary N) is 1. The lowest BCUT2D eigenvalue weighted by atomic mass is 10.0. The third-order valence-electron chi connectivity index (χ3n) is 4.26. The largest absolute Gasteiger partial charge is 0.361 e. The highest BCUT2D eigenvalue weighted by Gasteiger charge is 2.22. The number of carbonyl (C=O) groups excluding carboxylic acids is 1. The fraction of sp³-hybridized carbons (Fsp3) is 0.263. The number of rotatable bonds is 9. The molecule has 0 saturated heterocycles. The Labute approximate surface area is 183 Å². The van der Waals surface area contributed by atoms with Crippen LogP contribution in [0.1, 0.15) is 27.2 Å². The second-order valence-electron chi connectivity index (χ2n) is 6.34. The van der Waals surface area contributed by atoms with Crippen molar-refractivity contribution in [3.8, 4) is 0 Å². The van der Waals surface area contributed by atoms with E-state index in [9.17, 15) is 13.2 Å². The van der Waals surface area contributed by atoms with Crippen molar-refractivity contribution in [3.63, 3.8) is 0 Å². The van der Waals surface area contributed by atoms with Gasteiger partial charge < -0.3 is 5.32 Å². The quantitative estimate of drug-likeness (QED) is 0.368. The molecule has 0 aliphatic heterocycles. The van der Waals surface area contributed by atoms with E-state index in [0.29, 0.717) is 39.4 Å². The summed E-state index contributed by atoms with van der Waals surface area (Å²) in [4.78, 5) is 17.4. The topological polar surface area (TPSA) is 79.4 Å². The lowest BCUT2D eigenvalue weighted by Gasteiger charge is -2.15. The normalized spacial score (nSPS) is 11.7. The molecule has 29 heavy (non-hydrogen) atoms. The summed E-state index contributed by atoms with van der Waals surface area (Å²) in [6, 6.07) is 10.5. The average molecular weight is 470 g/mol. The molecule has 1 aromatic carbocycles. The second-order valence-corrected chi connectivity index (χ2v) is 11.4. The van der Waals surface area contributed by atoms with Gasteiger partial charge in [0.05, 0.1) is 15.4 Å². The summed E-state index contributed by atoms with van der Waals surface area (Å²) in [5, 5.41) is 3.79. The first-order valence-corrected chi connectivity index (χ1v) is 12.3. The van der Waals surface area contributed by atoms with Gasteiger partial charge in [-0.1, -0.05) is 47.2 Å². The third-order valence-corrected chi connectivity index (χ3v) is 8.77. The van der Waals surface area contributed by atoms with E-state index < -0.39 is 10.0 Å². The number of benzene rings is 1. The summed E-state index contributed by atoms with van der Waals surface area (Å²) < 4.78 is 26.9. The summed E-state index contributed by atoms with van der Waals surface area (Å²) in [6.45, 7) is 2.80. The fourth-order valence-corrected chi connectivity index (χ4v) is 6.33. The van der Waals surface area contributed by atoms with Crippen LogP contribution in [0.4, 0.5) is 5.13 Å². The van der Waals surface area contributed by atoms with Gasteiger partial charge >= 0.3 is 0 Å². The Balaban J connectivity index is 1.52. The molecule has 6 nitrogen and oxygen atoms in total. The van der Waals surface area contributed by atoms with Gasteiger partial charge in [0.25, 0.3) is 10.0 Å². The number of sulfonamides is 1. The zero-order valence-electron chi connectivity index (χ0n) is 15.9. The van der Waals surface area contributed by atoms with Crippen LogP contribution >= 0.6 is 34.3 Å². The van der Waals surface area contributed by atoms with E-state index in [1.54, 1.807) is 19.3 Å². The van der Waals surface area contributed by atoms with E-state index in [2.05, 4.69) is 10.3 Å². The average Bonchev–Trinajstić information content (AvgIpc) is 3.34. The van der Waals surface area contributed by atoms with Crippen LogP contribution < -0.4 is 5.32 Å². The maximum atomic E-state index is 12.6. The smallest absolute Gasteiger partial charge is 0.252 e. The molecule has 154 valence electrons. The van der Waals surface area contributed by atoms with Crippen LogP contribution in [-0.2, 0) is 10.0 Å². The number of aromatic nitrogens is 1. The Morgan fingerprint density at radius 3 is 2.66 bits per heavy atom. The number of hydrogen-bond donors (Lipinski definition) is 1. The predicted octanol–water partition coefficient (Wildman–Crippen LogP) is 4.52. The molecule has 0 aliphatic carbocycles. The molecule has 3 aromatic rings. The zero-order valence-corrected chi connectivity index (χ0v) is 19.1. The third kappa shape index (κ3) is 5.23. The lowest BCUT2D eigenvalue weighted by molar-refractivity contribution is 0.104. The van der Waals surface area contributed by atoms with Gasteiger partial charge in [-0.3, -0.25) is 4.79 Å². The Hall–Kier alpha value is -1.78. The highest BCUT2D eigenvalue weighted by molar-refractivity contribution is 7.91. The number of hydrogen-bond acceptors (Lipinski definition) is 7. The summed E-state index contributed by atoms with van der Waals surface area (Å²) in [6.07, 6.45) is 2.16. The monoisotopic (exact) mass is 469 g/mol. The molecule has 1 N–H and O–H groups in total. The SMILES string of the molecule is Cc1ccccc1C(=O)c1cnc(NCCCN(C)S(=O)(=O)c2ccc(Cl)s2)s1. The molecule has 0 aliphatic rings.